The fourth-order valence-electron chi connectivity index (χ4n) is 1.38. The van der Waals surface area contributed by atoms with Crippen LogP contribution in [0.5, 0.6) is 0 Å². The number of thioether (sulfide) groups is 1. The van der Waals surface area contributed by atoms with Gasteiger partial charge in [-0.3, -0.25) is 0 Å². The van der Waals surface area contributed by atoms with Gasteiger partial charge in [0.2, 0.25) is 0 Å². The van der Waals surface area contributed by atoms with E-state index in [4.69, 9.17) is 10.2 Å². The Morgan fingerprint density at radius 2 is 2.00 bits per heavy atom. The van der Waals surface area contributed by atoms with Gasteiger partial charge < -0.3 is 20.4 Å². The molecule has 0 radical (unpaired) electrons. The highest BCUT2D eigenvalue weighted by Gasteiger charge is 2.51. The van der Waals surface area contributed by atoms with E-state index in [1.165, 1.54) is 11.8 Å². The predicted octanol–water partition coefficient (Wildman–Crippen LogP) is -1.43. The molecule has 0 aromatic carbocycles. The molecule has 0 saturated carbocycles. The summed E-state index contributed by atoms with van der Waals surface area (Å²) in [5.41, 5.74) is -1.46. The van der Waals surface area contributed by atoms with E-state index in [1.807, 2.05) is 0 Å². The fourth-order valence-corrected chi connectivity index (χ4v) is 2.83. The number of rotatable bonds is 2. The molecule has 1 aliphatic rings. The van der Waals surface area contributed by atoms with E-state index in [2.05, 4.69) is 0 Å². The van der Waals surface area contributed by atoms with Crippen molar-refractivity contribution in [3.8, 4) is 0 Å². The van der Waals surface area contributed by atoms with Crippen molar-refractivity contribution < 1.29 is 20.4 Å². The summed E-state index contributed by atoms with van der Waals surface area (Å²) in [6.07, 6.45) is -1.05. The van der Waals surface area contributed by atoms with Crippen molar-refractivity contribution in [3.63, 3.8) is 0 Å². The zero-order valence-corrected chi connectivity index (χ0v) is 7.66. The van der Waals surface area contributed by atoms with Gasteiger partial charge in [-0.2, -0.15) is 0 Å². The van der Waals surface area contributed by atoms with Crippen LogP contribution in [0.3, 0.4) is 0 Å². The largest absolute Gasteiger partial charge is 0.395 e. The Morgan fingerprint density at radius 3 is 2.25 bits per heavy atom. The first-order valence-corrected chi connectivity index (χ1v) is 4.78. The molecule has 1 rings (SSSR count). The van der Waals surface area contributed by atoms with Gasteiger partial charge in [-0.1, -0.05) is 6.92 Å². The lowest BCUT2D eigenvalue weighted by molar-refractivity contribution is -0.0971. The van der Waals surface area contributed by atoms with Gasteiger partial charge in [-0.05, 0) is 0 Å². The zero-order valence-electron chi connectivity index (χ0n) is 6.84. The molecule has 0 unspecified atom stereocenters. The van der Waals surface area contributed by atoms with Crippen molar-refractivity contribution in [1.29, 1.82) is 0 Å². The summed E-state index contributed by atoms with van der Waals surface area (Å²) in [6.45, 7) is 1.07. The standard InChI is InChI=1S/C7H14O4S/c1-4-7(11,3-9)6(10)5(2-8)12-4/h4-6,8-11H,2-3H2,1H3/t4-,5+,6+,7-/m0/s1. The van der Waals surface area contributed by atoms with Crippen molar-refractivity contribution >= 4 is 11.8 Å². The maximum absolute atomic E-state index is 9.71. The Morgan fingerprint density at radius 1 is 1.42 bits per heavy atom. The van der Waals surface area contributed by atoms with Gasteiger partial charge in [-0.15, -0.1) is 11.8 Å². The van der Waals surface area contributed by atoms with E-state index in [0.717, 1.165) is 0 Å². The molecule has 0 aromatic heterocycles. The fraction of sp³-hybridized carbons (Fsp3) is 1.00. The van der Waals surface area contributed by atoms with Gasteiger partial charge in [0.1, 0.15) is 11.7 Å². The van der Waals surface area contributed by atoms with Crippen LogP contribution in [0.15, 0.2) is 0 Å². The van der Waals surface area contributed by atoms with Crippen molar-refractivity contribution in [2.45, 2.75) is 29.1 Å². The third kappa shape index (κ3) is 1.36. The smallest absolute Gasteiger partial charge is 0.126 e. The lowest BCUT2D eigenvalue weighted by Crippen LogP contribution is -2.50. The maximum Gasteiger partial charge on any atom is 0.126 e. The van der Waals surface area contributed by atoms with E-state index < -0.39 is 23.6 Å². The minimum absolute atomic E-state index is 0.182. The van der Waals surface area contributed by atoms with E-state index in [-0.39, 0.29) is 11.9 Å². The van der Waals surface area contributed by atoms with Crippen LogP contribution in [-0.2, 0) is 0 Å². The Hall–Kier alpha value is 0.190. The molecule has 1 heterocycles. The Balaban J connectivity index is 2.76. The highest BCUT2D eigenvalue weighted by molar-refractivity contribution is 8.01. The molecule has 4 N–H and O–H groups in total. The first-order valence-electron chi connectivity index (χ1n) is 3.84. The molecule has 1 fully saturated rings. The molecular weight excluding hydrogens is 180 g/mol. The van der Waals surface area contributed by atoms with Crippen molar-refractivity contribution in [2.24, 2.45) is 0 Å². The van der Waals surface area contributed by atoms with Crippen LogP contribution >= 0.6 is 11.8 Å². The molecule has 0 bridgehead atoms. The molecule has 72 valence electrons. The van der Waals surface area contributed by atoms with E-state index in [1.54, 1.807) is 6.92 Å². The normalized spacial score (nSPS) is 48.2. The average molecular weight is 194 g/mol. The molecule has 4 nitrogen and oxygen atoms in total. The molecule has 4 atom stereocenters. The topological polar surface area (TPSA) is 80.9 Å². The molecule has 5 heteroatoms. The van der Waals surface area contributed by atoms with Crippen molar-refractivity contribution in [2.75, 3.05) is 13.2 Å². The Labute approximate surface area is 75.2 Å². The van der Waals surface area contributed by atoms with Gasteiger partial charge in [-0.25, -0.2) is 0 Å². The highest BCUT2D eigenvalue weighted by Crippen LogP contribution is 2.40. The second-order valence-corrected chi connectivity index (χ2v) is 4.68. The van der Waals surface area contributed by atoms with E-state index >= 15 is 0 Å². The third-order valence-corrected chi connectivity index (χ3v) is 3.95. The Bertz CT molecular complexity index is 165. The van der Waals surface area contributed by atoms with Crippen LogP contribution in [0.25, 0.3) is 0 Å². The second kappa shape index (κ2) is 3.51. The molecule has 12 heavy (non-hydrogen) atoms. The third-order valence-electron chi connectivity index (χ3n) is 2.38. The lowest BCUT2D eigenvalue weighted by atomic mass is 9.93. The summed E-state index contributed by atoms with van der Waals surface area (Å²) in [5, 5.41) is 36.2. The summed E-state index contributed by atoms with van der Waals surface area (Å²) < 4.78 is 0. The Kier molecular flexibility index (Phi) is 3.01. The number of aliphatic hydroxyl groups is 4. The molecule has 0 amide bonds. The maximum atomic E-state index is 9.71. The van der Waals surface area contributed by atoms with Gasteiger partial charge >= 0.3 is 0 Å². The van der Waals surface area contributed by atoms with E-state index in [9.17, 15) is 10.2 Å². The summed E-state index contributed by atoms with van der Waals surface area (Å²) in [5.74, 6) is 0. The minimum atomic E-state index is -1.46. The van der Waals surface area contributed by atoms with Crippen LogP contribution in [0, 0.1) is 0 Å². The van der Waals surface area contributed by atoms with Gasteiger partial charge in [0.05, 0.1) is 18.5 Å². The second-order valence-electron chi connectivity index (χ2n) is 3.09. The van der Waals surface area contributed by atoms with Gasteiger partial charge in [0, 0.05) is 5.25 Å². The molecule has 0 aliphatic carbocycles. The minimum Gasteiger partial charge on any atom is -0.395 e. The SMILES string of the molecule is C[C@@H]1S[C@H](CO)[C@@H](O)[C@]1(O)CO. The molecule has 0 aromatic rings. The summed E-state index contributed by atoms with van der Waals surface area (Å²) >= 11 is 1.30. The first-order chi connectivity index (χ1) is 5.56. The van der Waals surface area contributed by atoms with Crippen molar-refractivity contribution in [1.82, 2.24) is 0 Å². The van der Waals surface area contributed by atoms with Crippen molar-refractivity contribution in [3.05, 3.63) is 0 Å². The molecule has 0 spiro atoms. The molecular formula is C7H14O4S. The number of hydrogen-bond donors (Lipinski definition) is 4. The average Bonchev–Trinajstić information content (AvgIpc) is 2.30. The van der Waals surface area contributed by atoms with Crippen LogP contribution in [0.4, 0.5) is 0 Å². The van der Waals surface area contributed by atoms with Gasteiger partial charge in [0.25, 0.3) is 0 Å². The summed E-state index contributed by atoms with van der Waals surface area (Å²) in [4.78, 5) is 0. The van der Waals surface area contributed by atoms with Crippen LogP contribution in [0.2, 0.25) is 0 Å². The predicted molar refractivity (Wildman–Crippen MR) is 46.0 cm³/mol. The molecule has 1 aliphatic heterocycles. The van der Waals surface area contributed by atoms with Crippen LogP contribution in [0.1, 0.15) is 6.92 Å². The monoisotopic (exact) mass is 194 g/mol. The highest BCUT2D eigenvalue weighted by atomic mass is 32.2. The van der Waals surface area contributed by atoms with E-state index in [0.29, 0.717) is 0 Å². The molecule has 1 saturated heterocycles. The summed E-state index contributed by atoms with van der Waals surface area (Å²) in [6, 6.07) is 0. The number of hydrogen-bond acceptors (Lipinski definition) is 5. The van der Waals surface area contributed by atoms with Crippen LogP contribution in [-0.4, -0.2) is 55.8 Å². The first kappa shape index (κ1) is 10.3. The summed E-state index contributed by atoms with van der Waals surface area (Å²) in [7, 11) is 0. The van der Waals surface area contributed by atoms with Gasteiger partial charge in [0.15, 0.2) is 0 Å². The lowest BCUT2D eigenvalue weighted by Gasteiger charge is -2.28. The quantitative estimate of drug-likeness (QED) is 0.433. The zero-order chi connectivity index (χ0) is 9.35. The van der Waals surface area contributed by atoms with Crippen LogP contribution < -0.4 is 0 Å². The number of aliphatic hydroxyl groups excluding tert-OH is 3.